The molecule has 1 aliphatic carbocycles. The van der Waals surface area contributed by atoms with Gasteiger partial charge in [0.1, 0.15) is 0 Å². The smallest absolute Gasteiger partial charge is 0.254 e. The number of amides is 2. The zero-order valence-electron chi connectivity index (χ0n) is 19.2. The van der Waals surface area contributed by atoms with Crippen LogP contribution in [0.3, 0.4) is 0 Å². The van der Waals surface area contributed by atoms with Gasteiger partial charge >= 0.3 is 0 Å². The fourth-order valence-electron chi connectivity index (χ4n) is 4.37. The van der Waals surface area contributed by atoms with Crippen LogP contribution < -0.4 is 10.6 Å². The van der Waals surface area contributed by atoms with Crippen LogP contribution in [0.5, 0.6) is 0 Å². The molecule has 1 aromatic rings. The summed E-state index contributed by atoms with van der Waals surface area (Å²) >= 11 is 0. The van der Waals surface area contributed by atoms with Crippen molar-refractivity contribution in [2.45, 2.75) is 46.1 Å². The highest BCUT2D eigenvalue weighted by Gasteiger charge is 2.22. The van der Waals surface area contributed by atoms with Gasteiger partial charge in [-0.15, -0.1) is 0 Å². The van der Waals surface area contributed by atoms with Gasteiger partial charge in [-0.25, -0.2) is 4.99 Å². The molecule has 0 spiro atoms. The standard InChI is InChI=1S/C24H37N5O2/c1-4-25-24(28(3)16-20-7-5-18(2)6-8-20)27-15-19-9-11-21(12-10-19)23(31)29-14-13-26-22(30)17-29/h9-12,18,20H,4-8,13-17H2,1-3H3,(H,25,27)(H,26,30). The quantitative estimate of drug-likeness (QED) is 0.540. The number of piperazine rings is 1. The molecule has 2 amide bonds. The van der Waals surface area contributed by atoms with Crippen molar-refractivity contribution in [1.29, 1.82) is 0 Å². The van der Waals surface area contributed by atoms with Gasteiger partial charge in [-0.3, -0.25) is 9.59 Å². The molecule has 7 nitrogen and oxygen atoms in total. The van der Waals surface area contributed by atoms with Crippen molar-refractivity contribution < 1.29 is 9.59 Å². The van der Waals surface area contributed by atoms with Gasteiger partial charge in [0.15, 0.2) is 5.96 Å². The van der Waals surface area contributed by atoms with Gasteiger partial charge in [-0.05, 0) is 49.3 Å². The number of carbonyl (C=O) groups excluding carboxylic acids is 2. The van der Waals surface area contributed by atoms with Crippen LogP contribution in [0.25, 0.3) is 0 Å². The second-order valence-electron chi connectivity index (χ2n) is 8.95. The molecule has 1 heterocycles. The van der Waals surface area contributed by atoms with Crippen molar-refractivity contribution in [3.05, 3.63) is 35.4 Å². The summed E-state index contributed by atoms with van der Waals surface area (Å²) in [6, 6.07) is 7.57. The lowest BCUT2D eigenvalue weighted by molar-refractivity contribution is -0.123. The predicted molar refractivity (Wildman–Crippen MR) is 124 cm³/mol. The molecule has 0 bridgehead atoms. The average Bonchev–Trinajstić information content (AvgIpc) is 2.78. The number of rotatable bonds is 6. The third-order valence-corrected chi connectivity index (χ3v) is 6.30. The SMILES string of the molecule is CCNC(=NCc1ccc(C(=O)N2CCNC(=O)C2)cc1)N(C)CC1CCC(C)CC1. The van der Waals surface area contributed by atoms with E-state index in [0.29, 0.717) is 25.2 Å². The van der Waals surface area contributed by atoms with E-state index >= 15 is 0 Å². The second-order valence-corrected chi connectivity index (χ2v) is 8.95. The van der Waals surface area contributed by atoms with Crippen LogP contribution in [0.2, 0.25) is 0 Å². The molecule has 170 valence electrons. The van der Waals surface area contributed by atoms with E-state index < -0.39 is 0 Å². The molecule has 2 N–H and O–H groups in total. The van der Waals surface area contributed by atoms with E-state index in [9.17, 15) is 9.59 Å². The number of hydrogen-bond acceptors (Lipinski definition) is 3. The first-order chi connectivity index (χ1) is 15.0. The van der Waals surface area contributed by atoms with E-state index in [0.717, 1.165) is 36.4 Å². The summed E-state index contributed by atoms with van der Waals surface area (Å²) in [5, 5.41) is 6.15. The molecule has 1 aliphatic heterocycles. The Labute approximate surface area is 186 Å². The summed E-state index contributed by atoms with van der Waals surface area (Å²) in [5.41, 5.74) is 1.67. The maximum Gasteiger partial charge on any atom is 0.254 e. The Morgan fingerprint density at radius 1 is 1.23 bits per heavy atom. The summed E-state index contributed by atoms with van der Waals surface area (Å²) in [6.45, 7) is 8.07. The second kappa shape index (κ2) is 11.2. The molecule has 0 radical (unpaired) electrons. The first-order valence-electron chi connectivity index (χ1n) is 11.6. The maximum absolute atomic E-state index is 12.6. The molecule has 1 aromatic carbocycles. The topological polar surface area (TPSA) is 77.0 Å². The van der Waals surface area contributed by atoms with Gasteiger partial charge in [0.05, 0.1) is 13.1 Å². The minimum absolute atomic E-state index is 0.0974. The minimum atomic E-state index is -0.103. The fourth-order valence-corrected chi connectivity index (χ4v) is 4.37. The highest BCUT2D eigenvalue weighted by molar-refractivity contribution is 5.97. The summed E-state index contributed by atoms with van der Waals surface area (Å²) < 4.78 is 0. The molecule has 2 fully saturated rings. The Balaban J connectivity index is 1.57. The van der Waals surface area contributed by atoms with E-state index in [1.54, 1.807) is 4.90 Å². The van der Waals surface area contributed by atoms with Crippen molar-refractivity contribution >= 4 is 17.8 Å². The number of hydrogen-bond donors (Lipinski definition) is 2. The highest BCUT2D eigenvalue weighted by Crippen LogP contribution is 2.28. The number of nitrogens with one attached hydrogen (secondary N) is 2. The molecular formula is C24H37N5O2. The van der Waals surface area contributed by atoms with Crippen molar-refractivity contribution in [3.8, 4) is 0 Å². The lowest BCUT2D eigenvalue weighted by Gasteiger charge is -2.31. The van der Waals surface area contributed by atoms with Gasteiger partial charge in [-0.2, -0.15) is 0 Å². The van der Waals surface area contributed by atoms with E-state index in [2.05, 4.69) is 36.4 Å². The van der Waals surface area contributed by atoms with Crippen molar-refractivity contribution in [2.75, 3.05) is 39.8 Å². The monoisotopic (exact) mass is 427 g/mol. The van der Waals surface area contributed by atoms with Crippen molar-refractivity contribution in [1.82, 2.24) is 20.4 Å². The van der Waals surface area contributed by atoms with Gasteiger partial charge in [-0.1, -0.05) is 31.9 Å². The lowest BCUT2D eigenvalue weighted by Crippen LogP contribution is -2.49. The van der Waals surface area contributed by atoms with Crippen LogP contribution in [0.1, 0.15) is 55.5 Å². The minimum Gasteiger partial charge on any atom is -0.357 e. The van der Waals surface area contributed by atoms with Gasteiger partial charge < -0.3 is 20.4 Å². The van der Waals surface area contributed by atoms with Crippen molar-refractivity contribution in [2.24, 2.45) is 16.8 Å². The zero-order valence-corrected chi connectivity index (χ0v) is 19.2. The van der Waals surface area contributed by atoms with Gasteiger partial charge in [0.2, 0.25) is 5.91 Å². The van der Waals surface area contributed by atoms with Crippen LogP contribution in [0.4, 0.5) is 0 Å². The largest absolute Gasteiger partial charge is 0.357 e. The van der Waals surface area contributed by atoms with Crippen LogP contribution in [0, 0.1) is 11.8 Å². The number of benzene rings is 1. The molecule has 1 saturated heterocycles. The molecule has 0 atom stereocenters. The Kier molecular flexibility index (Phi) is 8.32. The molecule has 3 rings (SSSR count). The number of nitrogens with zero attached hydrogens (tertiary/aromatic N) is 3. The summed E-state index contributed by atoms with van der Waals surface area (Å²) in [4.78, 5) is 32.8. The van der Waals surface area contributed by atoms with Crippen LogP contribution in [0.15, 0.2) is 29.3 Å². The third-order valence-electron chi connectivity index (χ3n) is 6.30. The van der Waals surface area contributed by atoms with Gasteiger partial charge in [0.25, 0.3) is 5.91 Å². The highest BCUT2D eigenvalue weighted by atomic mass is 16.2. The van der Waals surface area contributed by atoms with E-state index in [-0.39, 0.29) is 18.4 Å². The summed E-state index contributed by atoms with van der Waals surface area (Å²) in [5.74, 6) is 2.34. The van der Waals surface area contributed by atoms with E-state index in [1.165, 1.54) is 25.7 Å². The molecule has 31 heavy (non-hydrogen) atoms. The molecule has 2 aliphatic rings. The normalized spacial score (nSPS) is 22.1. The summed E-state index contributed by atoms with van der Waals surface area (Å²) in [7, 11) is 2.12. The Morgan fingerprint density at radius 2 is 1.94 bits per heavy atom. The maximum atomic E-state index is 12.6. The van der Waals surface area contributed by atoms with Crippen LogP contribution in [-0.2, 0) is 11.3 Å². The first kappa shape index (κ1) is 23.1. The van der Waals surface area contributed by atoms with Crippen LogP contribution in [-0.4, -0.2) is 67.3 Å². The third kappa shape index (κ3) is 6.71. The molecule has 1 saturated carbocycles. The molecular weight excluding hydrogens is 390 g/mol. The van der Waals surface area contributed by atoms with E-state index in [4.69, 9.17) is 4.99 Å². The predicted octanol–water partition coefficient (Wildman–Crippen LogP) is 2.48. The number of aliphatic imine (C=N–C) groups is 1. The van der Waals surface area contributed by atoms with E-state index in [1.807, 2.05) is 24.3 Å². The lowest BCUT2D eigenvalue weighted by atomic mass is 9.83. The molecule has 0 unspecified atom stereocenters. The Bertz CT molecular complexity index is 769. The molecule has 0 aromatic heterocycles. The Morgan fingerprint density at radius 3 is 2.58 bits per heavy atom. The van der Waals surface area contributed by atoms with Crippen LogP contribution >= 0.6 is 0 Å². The average molecular weight is 428 g/mol. The molecule has 7 heteroatoms. The summed E-state index contributed by atoms with van der Waals surface area (Å²) in [6.07, 6.45) is 5.27. The number of guanidine groups is 1. The van der Waals surface area contributed by atoms with Gasteiger partial charge in [0, 0.05) is 38.8 Å². The fraction of sp³-hybridized carbons (Fsp3) is 0.625. The first-order valence-corrected chi connectivity index (χ1v) is 11.6. The van der Waals surface area contributed by atoms with Crippen molar-refractivity contribution in [3.63, 3.8) is 0 Å². The number of carbonyl (C=O) groups is 2. The zero-order chi connectivity index (χ0) is 22.2. The Hall–Kier alpha value is -2.57.